The van der Waals surface area contributed by atoms with E-state index in [0.717, 1.165) is 36.3 Å². The molecule has 8 N–H and O–H groups in total. The Morgan fingerprint density at radius 2 is 0.935 bits per heavy atom. The van der Waals surface area contributed by atoms with E-state index in [1.165, 1.54) is 26.9 Å². The van der Waals surface area contributed by atoms with E-state index in [0.29, 0.717) is 24.8 Å². The Kier molecular flexibility index (Phi) is 30.1. The highest BCUT2D eigenvalue weighted by Gasteiger charge is 2.75. The van der Waals surface area contributed by atoms with Gasteiger partial charge in [0.1, 0.15) is 5.60 Å². The number of alkyl halides is 1. The SMILES string of the molecule is CC(C)CN(CC(=O)N(CCO)CC(=O)N(CC(=O)N(CCO)CC(=O)N(CC(=O)N(CCO)CC(=O)N(CC(=O)N(CCO)CC(N)=O)CC(C)C)CC(C)C)CC(C)C)C(=O)CCSCC(=O)[C@@]1(O)[C@H](C)C[C@H]2[C@@H]3CCC4=CC(=O)C=C[C@]4(C)[C@@]3(F)[C@@H](O)C[C@@]21C. The first-order valence-electron chi connectivity index (χ1n) is 32.6. The van der Waals surface area contributed by atoms with E-state index in [-0.39, 0.29) is 106 Å². The van der Waals surface area contributed by atoms with E-state index >= 15 is 4.39 Å². The highest BCUT2D eigenvalue weighted by Crippen LogP contribution is 2.70. The van der Waals surface area contributed by atoms with Crippen molar-refractivity contribution < 1.29 is 87.8 Å². The topological polar surface area (TPSA) is 361 Å². The third-order valence-corrected chi connectivity index (χ3v) is 19.6. The molecule has 526 valence electrons. The van der Waals surface area contributed by atoms with Crippen molar-refractivity contribution in [2.24, 2.45) is 58.0 Å². The van der Waals surface area contributed by atoms with Gasteiger partial charge in [-0.2, -0.15) is 11.8 Å². The average Bonchev–Trinajstić information content (AvgIpc) is 1.63. The summed E-state index contributed by atoms with van der Waals surface area (Å²) in [6.07, 6.45) is 3.61. The Morgan fingerprint density at radius 3 is 1.30 bits per heavy atom. The Morgan fingerprint density at radius 1 is 0.581 bits per heavy atom. The molecule has 0 aromatic rings. The van der Waals surface area contributed by atoms with Crippen molar-refractivity contribution in [3.05, 3.63) is 23.8 Å². The summed E-state index contributed by atoms with van der Waals surface area (Å²) >= 11 is 1.12. The van der Waals surface area contributed by atoms with E-state index in [2.05, 4.69) is 0 Å². The lowest BCUT2D eigenvalue weighted by molar-refractivity contribution is -0.218. The number of fused-ring (bicyclic) bond motifs is 5. The number of Topliss-reactive ketones (excluding diaryl/α,β-unsaturated/α-hetero) is 1. The number of allylic oxidation sites excluding steroid dienone is 4. The molecule has 28 heteroatoms. The summed E-state index contributed by atoms with van der Waals surface area (Å²) < 4.78 is 17.8. The van der Waals surface area contributed by atoms with Crippen molar-refractivity contribution in [2.45, 2.75) is 126 Å². The summed E-state index contributed by atoms with van der Waals surface area (Å²) in [5.74, 6) is -9.65. The van der Waals surface area contributed by atoms with Crippen molar-refractivity contribution in [3.63, 3.8) is 0 Å². The van der Waals surface area contributed by atoms with Crippen molar-refractivity contribution in [1.29, 1.82) is 0 Å². The lowest BCUT2D eigenvalue weighted by atomic mass is 9.44. The molecule has 8 atom stereocenters. The number of aliphatic hydroxyl groups is 6. The van der Waals surface area contributed by atoms with E-state index in [1.807, 2.05) is 13.8 Å². The third-order valence-electron chi connectivity index (χ3n) is 18.6. The summed E-state index contributed by atoms with van der Waals surface area (Å²) in [7, 11) is 0. The van der Waals surface area contributed by atoms with Crippen molar-refractivity contribution >= 4 is 76.5 Å². The molecule has 93 heavy (non-hydrogen) atoms. The van der Waals surface area contributed by atoms with Gasteiger partial charge < -0.3 is 75.6 Å². The summed E-state index contributed by atoms with van der Waals surface area (Å²) in [5.41, 5.74) is -0.560. The molecule has 0 bridgehead atoms. The zero-order chi connectivity index (χ0) is 70.1. The minimum atomic E-state index is -2.14. The molecule has 4 rings (SSSR count). The normalized spacial score (nSPS) is 23.8. The lowest BCUT2D eigenvalue weighted by Crippen LogP contribution is -2.69. The van der Waals surface area contributed by atoms with Crippen LogP contribution in [0.5, 0.6) is 0 Å². The second kappa shape index (κ2) is 35.2. The molecule has 0 aromatic heterocycles. The third kappa shape index (κ3) is 19.9. The first-order chi connectivity index (χ1) is 43.5. The minimum Gasteiger partial charge on any atom is -0.395 e. The van der Waals surface area contributed by atoms with Gasteiger partial charge in [0.2, 0.25) is 53.2 Å². The van der Waals surface area contributed by atoms with Crippen LogP contribution >= 0.6 is 11.8 Å². The second-order valence-electron chi connectivity index (χ2n) is 27.7. The molecule has 3 fully saturated rings. The molecular weight excluding hydrogens is 1230 g/mol. The van der Waals surface area contributed by atoms with Gasteiger partial charge in [-0.3, -0.25) is 52.7 Å². The molecule has 4 aliphatic carbocycles. The van der Waals surface area contributed by atoms with Gasteiger partial charge in [-0.25, -0.2) is 4.39 Å². The molecule has 0 saturated heterocycles. The van der Waals surface area contributed by atoms with Gasteiger partial charge in [0.15, 0.2) is 17.2 Å². The molecular formula is C65H106FN9O17S. The smallest absolute Gasteiger partial charge is 0.242 e. The van der Waals surface area contributed by atoms with Crippen molar-refractivity contribution in [1.82, 2.24) is 39.2 Å². The number of carbonyl (C=O) groups excluding carboxylic acids is 11. The number of carbonyl (C=O) groups is 11. The predicted molar refractivity (Wildman–Crippen MR) is 344 cm³/mol. The van der Waals surface area contributed by atoms with Crippen LogP contribution in [0, 0.1) is 52.3 Å². The molecule has 0 heterocycles. The first kappa shape index (κ1) is 79.5. The van der Waals surface area contributed by atoms with Crippen LogP contribution in [0.1, 0.15) is 108 Å². The number of nitrogens with two attached hydrogens (primary N) is 1. The number of aliphatic hydroxyl groups excluding tert-OH is 5. The lowest BCUT2D eigenvalue weighted by Gasteiger charge is -2.62. The summed E-state index contributed by atoms with van der Waals surface area (Å²) in [5, 5.41) is 64.0. The van der Waals surface area contributed by atoms with Crippen LogP contribution in [0.2, 0.25) is 0 Å². The maximum atomic E-state index is 17.8. The Hall–Kier alpha value is -5.91. The van der Waals surface area contributed by atoms with Crippen LogP contribution in [0.4, 0.5) is 4.39 Å². The van der Waals surface area contributed by atoms with Crippen LogP contribution in [0.15, 0.2) is 23.8 Å². The zero-order valence-electron chi connectivity index (χ0n) is 56.6. The van der Waals surface area contributed by atoms with Gasteiger partial charge >= 0.3 is 0 Å². The molecule has 26 nitrogen and oxygen atoms in total. The highest BCUT2D eigenvalue weighted by molar-refractivity contribution is 7.99. The number of hydrogen-bond acceptors (Lipinski definition) is 18. The maximum Gasteiger partial charge on any atom is 0.242 e. The fraction of sp³-hybridized carbons (Fsp3) is 0.769. The number of halogens is 1. The standard InChI is InChI=1S/C65H106FN9O17S/c1-42(2)29-72(54(84)15-25-93-41-52(82)65(92)46(9)26-50-49-13-12-47-27-48(80)14-16-62(47,10)64(49,66)51(81)28-63(50,65)11)37-56(86)69(18-22-77)34-60(90)74(31-44(5)6)39-58(88)71(20-24-79)36-61(91)75(32-45(7)8)40-57(87)70(19-23-78)35-59(89)73(30-43(3)4)38-55(85)68(17-21-76)33-53(67)83/h14,16,27,42-46,49-51,76-79,81,92H,12-13,15,17-26,28-41H2,1-11H3,(H2,67,83)/t46-,49+,50+,51+,62+,63+,64+,65+/m1/s1. The number of amides is 9. The fourth-order valence-electron chi connectivity index (χ4n) is 14.2. The van der Waals surface area contributed by atoms with Gasteiger partial charge in [-0.05, 0) is 80.3 Å². The van der Waals surface area contributed by atoms with E-state index in [4.69, 9.17) is 5.73 Å². The summed E-state index contributed by atoms with van der Waals surface area (Å²) in [4.78, 5) is 159. The van der Waals surface area contributed by atoms with E-state index < -0.39 is 184 Å². The van der Waals surface area contributed by atoms with Gasteiger partial charge in [-0.15, -0.1) is 0 Å². The second-order valence-corrected chi connectivity index (χ2v) is 28.8. The number of ketones is 2. The molecule has 9 amide bonds. The van der Waals surface area contributed by atoms with Gasteiger partial charge in [-0.1, -0.05) is 80.9 Å². The number of hydrogen-bond donors (Lipinski definition) is 7. The number of nitrogens with zero attached hydrogens (tertiary/aromatic N) is 8. The number of rotatable bonds is 38. The van der Waals surface area contributed by atoms with E-state index in [9.17, 15) is 83.4 Å². The van der Waals surface area contributed by atoms with Crippen LogP contribution in [0.3, 0.4) is 0 Å². The van der Waals surface area contributed by atoms with Crippen LogP contribution < -0.4 is 5.73 Å². The largest absolute Gasteiger partial charge is 0.395 e. The molecule has 0 radical (unpaired) electrons. The average molecular weight is 1340 g/mol. The number of primary amides is 1. The highest BCUT2D eigenvalue weighted by atomic mass is 32.2. The van der Waals surface area contributed by atoms with Gasteiger partial charge in [0, 0.05) is 81.3 Å². The molecule has 0 unspecified atom stereocenters. The monoisotopic (exact) mass is 1340 g/mol. The zero-order valence-corrected chi connectivity index (χ0v) is 57.4. The molecule has 0 aliphatic heterocycles. The summed E-state index contributed by atoms with van der Waals surface area (Å²) in [6, 6.07) is 0. The maximum absolute atomic E-state index is 17.8. The fourth-order valence-corrected chi connectivity index (χ4v) is 15.1. The van der Waals surface area contributed by atoms with Crippen LogP contribution in [-0.4, -0.2) is 295 Å². The first-order valence-corrected chi connectivity index (χ1v) is 33.7. The molecule has 0 aromatic carbocycles. The quantitative estimate of drug-likeness (QED) is 0.0391. The van der Waals surface area contributed by atoms with Gasteiger partial charge in [0.25, 0.3) is 0 Å². The minimum absolute atomic E-state index is 0.00787. The molecule has 4 aliphatic rings. The molecule has 3 saturated carbocycles. The molecule has 0 spiro atoms. The van der Waals surface area contributed by atoms with Gasteiger partial charge in [0.05, 0.1) is 90.6 Å². The Bertz CT molecular complexity index is 2740. The Balaban J connectivity index is 1.42. The number of thioether (sulfide) groups is 1. The van der Waals surface area contributed by atoms with Crippen LogP contribution in [0.25, 0.3) is 0 Å². The van der Waals surface area contributed by atoms with Crippen LogP contribution in [-0.2, 0) is 52.7 Å². The van der Waals surface area contributed by atoms with Crippen molar-refractivity contribution in [2.75, 3.05) is 143 Å². The predicted octanol–water partition coefficient (Wildman–Crippen LogP) is -0.266. The summed E-state index contributed by atoms with van der Waals surface area (Å²) in [6.45, 7) is 11.6. The Labute approximate surface area is 551 Å². The van der Waals surface area contributed by atoms with Crippen molar-refractivity contribution in [3.8, 4) is 0 Å². The van der Waals surface area contributed by atoms with E-state index in [1.54, 1.807) is 68.4 Å².